The molecule has 0 aromatic heterocycles. The Bertz CT molecular complexity index is 761. The van der Waals surface area contributed by atoms with Crippen LogP contribution in [0, 0.1) is 0 Å². The second-order valence-electron chi connectivity index (χ2n) is 5.13. The number of rotatable bonds is 8. The molecule has 0 saturated heterocycles. The Morgan fingerprint density at radius 3 is 2.65 bits per heavy atom. The van der Waals surface area contributed by atoms with Crippen molar-refractivity contribution >= 4 is 29.1 Å². The van der Waals surface area contributed by atoms with Crippen molar-refractivity contribution in [3.8, 4) is 11.5 Å². The van der Waals surface area contributed by atoms with E-state index in [9.17, 15) is 18.7 Å². The highest BCUT2D eigenvalue weighted by Gasteiger charge is 2.13. The van der Waals surface area contributed by atoms with Gasteiger partial charge in [0.1, 0.15) is 29.2 Å². The van der Waals surface area contributed by atoms with Crippen LogP contribution in [0.15, 0.2) is 42.5 Å². The molecular weight excluding hydrogens is 391 g/mol. The van der Waals surface area contributed by atoms with Crippen LogP contribution >= 0.6 is 23.2 Å². The highest BCUT2D eigenvalue weighted by Crippen LogP contribution is 2.31. The molecular formula is C17H15Cl2F2NO4. The van der Waals surface area contributed by atoms with Crippen molar-refractivity contribution in [2.24, 2.45) is 0 Å². The number of carbonyl (C=O) groups is 1. The maximum absolute atomic E-state index is 12.2. The molecule has 0 bridgehead atoms. The Labute approximate surface area is 158 Å². The molecule has 1 atom stereocenters. The van der Waals surface area contributed by atoms with Crippen LogP contribution in [0.2, 0.25) is 10.0 Å². The van der Waals surface area contributed by atoms with Crippen molar-refractivity contribution in [1.82, 2.24) is 5.32 Å². The summed E-state index contributed by atoms with van der Waals surface area (Å²) in [5.41, 5.74) is 0.120. The molecule has 2 aromatic carbocycles. The van der Waals surface area contributed by atoms with E-state index in [0.29, 0.717) is 10.8 Å². The average Bonchev–Trinajstić information content (AvgIpc) is 2.60. The van der Waals surface area contributed by atoms with Gasteiger partial charge in [-0.1, -0.05) is 35.3 Å². The van der Waals surface area contributed by atoms with Crippen LogP contribution in [0.25, 0.3) is 0 Å². The number of benzene rings is 2. The second-order valence-corrected chi connectivity index (χ2v) is 5.92. The lowest BCUT2D eigenvalue weighted by Gasteiger charge is -2.14. The molecule has 1 unspecified atom stereocenters. The van der Waals surface area contributed by atoms with Gasteiger partial charge >= 0.3 is 6.61 Å². The van der Waals surface area contributed by atoms with Crippen molar-refractivity contribution in [2.45, 2.75) is 12.7 Å². The molecule has 0 heterocycles. The summed E-state index contributed by atoms with van der Waals surface area (Å²) >= 11 is 11.8. The Kier molecular flexibility index (Phi) is 7.44. The van der Waals surface area contributed by atoms with Gasteiger partial charge < -0.3 is 19.9 Å². The van der Waals surface area contributed by atoms with E-state index in [1.807, 2.05) is 0 Å². The van der Waals surface area contributed by atoms with Crippen LogP contribution in [-0.4, -0.2) is 36.9 Å². The van der Waals surface area contributed by atoms with E-state index in [1.54, 1.807) is 18.2 Å². The topological polar surface area (TPSA) is 67.8 Å². The molecule has 5 nitrogen and oxygen atoms in total. The lowest BCUT2D eigenvalue weighted by Crippen LogP contribution is -2.35. The number of aliphatic hydroxyl groups is 1. The monoisotopic (exact) mass is 405 g/mol. The van der Waals surface area contributed by atoms with Gasteiger partial charge in [0.25, 0.3) is 5.91 Å². The van der Waals surface area contributed by atoms with Crippen LogP contribution < -0.4 is 14.8 Å². The molecule has 26 heavy (non-hydrogen) atoms. The molecule has 2 rings (SSSR count). The van der Waals surface area contributed by atoms with Gasteiger partial charge in [-0.25, -0.2) is 0 Å². The van der Waals surface area contributed by atoms with Crippen molar-refractivity contribution < 1.29 is 28.2 Å². The number of amides is 1. The Morgan fingerprint density at radius 2 is 1.92 bits per heavy atom. The minimum Gasteiger partial charge on any atom is -0.489 e. The van der Waals surface area contributed by atoms with E-state index in [2.05, 4.69) is 10.1 Å². The van der Waals surface area contributed by atoms with Crippen molar-refractivity contribution in [2.75, 3.05) is 13.2 Å². The molecule has 9 heteroatoms. The Hall–Kier alpha value is -2.09. The van der Waals surface area contributed by atoms with Crippen LogP contribution in [-0.2, 0) is 0 Å². The lowest BCUT2D eigenvalue weighted by molar-refractivity contribution is -0.0498. The second kappa shape index (κ2) is 9.56. The smallest absolute Gasteiger partial charge is 0.387 e. The van der Waals surface area contributed by atoms with E-state index in [1.165, 1.54) is 24.3 Å². The standard InChI is InChI=1S/C17H15Cl2F2NO4/c18-13-5-2-6-14(15(13)19)25-9-11(23)8-22-16(24)10-3-1-4-12(7-10)26-17(20)21/h1-7,11,17,23H,8-9H2,(H,22,24). The summed E-state index contributed by atoms with van der Waals surface area (Å²) in [4.78, 5) is 12.0. The van der Waals surface area contributed by atoms with Gasteiger partial charge in [0, 0.05) is 12.1 Å². The van der Waals surface area contributed by atoms with Gasteiger partial charge in [0.15, 0.2) is 0 Å². The average molecular weight is 406 g/mol. The fourth-order valence-electron chi connectivity index (χ4n) is 1.97. The van der Waals surface area contributed by atoms with Gasteiger partial charge in [-0.05, 0) is 30.3 Å². The van der Waals surface area contributed by atoms with Crippen LogP contribution in [0.3, 0.4) is 0 Å². The van der Waals surface area contributed by atoms with E-state index < -0.39 is 18.6 Å². The molecule has 140 valence electrons. The van der Waals surface area contributed by atoms with Gasteiger partial charge in [0.2, 0.25) is 0 Å². The number of hydrogen-bond donors (Lipinski definition) is 2. The van der Waals surface area contributed by atoms with Crippen LogP contribution in [0.4, 0.5) is 8.78 Å². The van der Waals surface area contributed by atoms with Gasteiger partial charge in [0.05, 0.1) is 5.02 Å². The molecule has 0 aliphatic carbocycles. The highest BCUT2D eigenvalue weighted by molar-refractivity contribution is 6.42. The number of nitrogens with one attached hydrogen (secondary N) is 1. The Morgan fingerprint density at radius 1 is 1.19 bits per heavy atom. The minimum atomic E-state index is -2.98. The molecule has 0 fully saturated rings. The van der Waals surface area contributed by atoms with Gasteiger partial charge in [-0.2, -0.15) is 8.78 Å². The van der Waals surface area contributed by atoms with E-state index in [-0.39, 0.29) is 29.5 Å². The van der Waals surface area contributed by atoms with Gasteiger partial charge in [-0.15, -0.1) is 0 Å². The van der Waals surface area contributed by atoms with Crippen LogP contribution in [0.5, 0.6) is 11.5 Å². The first kappa shape index (κ1) is 20.2. The molecule has 0 radical (unpaired) electrons. The fourth-order valence-corrected chi connectivity index (χ4v) is 2.31. The molecule has 0 aliphatic rings. The molecule has 0 saturated carbocycles. The summed E-state index contributed by atoms with van der Waals surface area (Å²) in [6, 6.07) is 10.2. The molecule has 2 aromatic rings. The summed E-state index contributed by atoms with van der Waals surface area (Å²) in [5, 5.41) is 12.9. The quantitative estimate of drug-likeness (QED) is 0.701. The first-order valence-electron chi connectivity index (χ1n) is 7.44. The third-order valence-electron chi connectivity index (χ3n) is 3.17. The van der Waals surface area contributed by atoms with Crippen molar-refractivity contribution in [1.29, 1.82) is 0 Å². The summed E-state index contributed by atoms with van der Waals surface area (Å²) in [7, 11) is 0. The first-order chi connectivity index (χ1) is 12.4. The summed E-state index contributed by atoms with van der Waals surface area (Å²) < 4.78 is 34.0. The zero-order valence-corrected chi connectivity index (χ0v) is 14.8. The largest absolute Gasteiger partial charge is 0.489 e. The fraction of sp³-hybridized carbons (Fsp3) is 0.235. The number of carbonyl (C=O) groups excluding carboxylic acids is 1. The number of ether oxygens (including phenoxy) is 2. The summed E-state index contributed by atoms with van der Waals surface area (Å²) in [5.74, 6) is -0.377. The third-order valence-corrected chi connectivity index (χ3v) is 3.97. The number of alkyl halides is 2. The van der Waals surface area contributed by atoms with E-state index in [4.69, 9.17) is 27.9 Å². The zero-order valence-electron chi connectivity index (χ0n) is 13.3. The van der Waals surface area contributed by atoms with E-state index in [0.717, 1.165) is 0 Å². The zero-order chi connectivity index (χ0) is 19.1. The predicted molar refractivity (Wildman–Crippen MR) is 93.4 cm³/mol. The minimum absolute atomic E-state index is 0.114. The maximum Gasteiger partial charge on any atom is 0.387 e. The third kappa shape index (κ3) is 6.01. The predicted octanol–water partition coefficient (Wildman–Crippen LogP) is 3.76. The summed E-state index contributed by atoms with van der Waals surface area (Å²) in [6.07, 6.45) is -1.02. The number of hydrogen-bond acceptors (Lipinski definition) is 4. The number of aliphatic hydroxyl groups excluding tert-OH is 1. The SMILES string of the molecule is O=C(NCC(O)COc1cccc(Cl)c1Cl)c1cccc(OC(F)F)c1. The van der Waals surface area contributed by atoms with Crippen molar-refractivity contribution in [3.05, 3.63) is 58.1 Å². The molecule has 0 spiro atoms. The Balaban J connectivity index is 1.84. The number of halogens is 4. The van der Waals surface area contributed by atoms with Crippen molar-refractivity contribution in [3.63, 3.8) is 0 Å². The molecule has 0 aliphatic heterocycles. The van der Waals surface area contributed by atoms with Crippen LogP contribution in [0.1, 0.15) is 10.4 Å². The first-order valence-corrected chi connectivity index (χ1v) is 8.20. The molecule has 2 N–H and O–H groups in total. The van der Waals surface area contributed by atoms with Gasteiger partial charge in [-0.3, -0.25) is 4.79 Å². The maximum atomic E-state index is 12.2. The summed E-state index contributed by atoms with van der Waals surface area (Å²) in [6.45, 7) is -3.23. The highest BCUT2D eigenvalue weighted by atomic mass is 35.5. The molecule has 1 amide bonds. The normalized spacial score (nSPS) is 11.9. The lowest BCUT2D eigenvalue weighted by atomic mass is 10.2. The van der Waals surface area contributed by atoms with E-state index >= 15 is 0 Å².